The van der Waals surface area contributed by atoms with Crippen molar-refractivity contribution in [2.24, 2.45) is 11.8 Å². The van der Waals surface area contributed by atoms with Gasteiger partial charge in [-0.2, -0.15) is 0 Å². The summed E-state index contributed by atoms with van der Waals surface area (Å²) in [5.74, 6) is 1.39. The molecule has 1 aromatic carbocycles. The zero-order valence-electron chi connectivity index (χ0n) is 14.8. The quantitative estimate of drug-likeness (QED) is 0.826. The molecule has 0 spiro atoms. The molecule has 0 aliphatic carbocycles. The monoisotopic (exact) mass is 334 g/mol. The SMILES string of the molecule is COc1ccc(CN2CC(C(=O)NCC(C)C)CC2=O)cc1OC. The van der Waals surface area contributed by atoms with Gasteiger partial charge in [0, 0.05) is 26.1 Å². The highest BCUT2D eigenvalue weighted by Gasteiger charge is 2.34. The molecule has 132 valence electrons. The van der Waals surface area contributed by atoms with Crippen molar-refractivity contribution in [3.05, 3.63) is 23.8 Å². The van der Waals surface area contributed by atoms with Crippen LogP contribution in [0.15, 0.2) is 18.2 Å². The summed E-state index contributed by atoms with van der Waals surface area (Å²) >= 11 is 0. The van der Waals surface area contributed by atoms with Gasteiger partial charge < -0.3 is 19.7 Å². The lowest BCUT2D eigenvalue weighted by Gasteiger charge is -2.18. The molecule has 2 rings (SSSR count). The van der Waals surface area contributed by atoms with Crippen LogP contribution in [0.5, 0.6) is 11.5 Å². The van der Waals surface area contributed by atoms with E-state index < -0.39 is 0 Å². The van der Waals surface area contributed by atoms with E-state index in [2.05, 4.69) is 5.32 Å². The number of hydrogen-bond acceptors (Lipinski definition) is 4. The Hall–Kier alpha value is -2.24. The Labute approximate surface area is 143 Å². The maximum absolute atomic E-state index is 12.2. The van der Waals surface area contributed by atoms with Crippen LogP contribution in [0, 0.1) is 11.8 Å². The first-order chi connectivity index (χ1) is 11.4. The Morgan fingerprint density at radius 2 is 2.00 bits per heavy atom. The van der Waals surface area contributed by atoms with Crippen molar-refractivity contribution in [1.29, 1.82) is 0 Å². The molecule has 0 aromatic heterocycles. The van der Waals surface area contributed by atoms with Crippen molar-refractivity contribution in [2.45, 2.75) is 26.8 Å². The summed E-state index contributed by atoms with van der Waals surface area (Å²) in [6.45, 7) is 5.65. The number of likely N-dealkylation sites (tertiary alicyclic amines) is 1. The average Bonchev–Trinajstić information content (AvgIpc) is 2.93. The standard InChI is InChI=1S/C18H26N2O4/c1-12(2)9-19-18(22)14-8-17(21)20(11-14)10-13-5-6-15(23-3)16(7-13)24-4/h5-7,12,14H,8-11H2,1-4H3,(H,19,22). The highest BCUT2D eigenvalue weighted by atomic mass is 16.5. The molecule has 1 saturated heterocycles. The van der Waals surface area contributed by atoms with Crippen molar-refractivity contribution < 1.29 is 19.1 Å². The van der Waals surface area contributed by atoms with Gasteiger partial charge >= 0.3 is 0 Å². The number of carbonyl (C=O) groups is 2. The van der Waals surface area contributed by atoms with Crippen molar-refractivity contribution in [1.82, 2.24) is 10.2 Å². The number of nitrogens with one attached hydrogen (secondary N) is 1. The minimum atomic E-state index is -0.267. The lowest BCUT2D eigenvalue weighted by molar-refractivity contribution is -0.129. The number of carbonyl (C=O) groups excluding carboxylic acids is 2. The van der Waals surface area contributed by atoms with Gasteiger partial charge in [0.2, 0.25) is 11.8 Å². The van der Waals surface area contributed by atoms with E-state index >= 15 is 0 Å². The fraction of sp³-hybridized carbons (Fsp3) is 0.556. The van der Waals surface area contributed by atoms with E-state index in [4.69, 9.17) is 9.47 Å². The first-order valence-corrected chi connectivity index (χ1v) is 8.21. The Morgan fingerprint density at radius 1 is 1.29 bits per heavy atom. The summed E-state index contributed by atoms with van der Waals surface area (Å²) in [5, 5.41) is 2.91. The second-order valence-corrected chi connectivity index (χ2v) is 6.50. The lowest BCUT2D eigenvalue weighted by Crippen LogP contribution is -2.34. The molecular weight excluding hydrogens is 308 g/mol. The van der Waals surface area contributed by atoms with Crippen LogP contribution in [0.25, 0.3) is 0 Å². The van der Waals surface area contributed by atoms with Crippen LogP contribution >= 0.6 is 0 Å². The van der Waals surface area contributed by atoms with Gasteiger partial charge in [-0.3, -0.25) is 9.59 Å². The third-order valence-electron chi connectivity index (χ3n) is 4.09. The fourth-order valence-corrected chi connectivity index (χ4v) is 2.75. The molecule has 1 atom stereocenters. The first-order valence-electron chi connectivity index (χ1n) is 8.21. The number of amides is 2. The summed E-state index contributed by atoms with van der Waals surface area (Å²) in [7, 11) is 3.17. The molecule has 1 aliphatic heterocycles. The summed E-state index contributed by atoms with van der Waals surface area (Å²) in [5.41, 5.74) is 0.948. The summed E-state index contributed by atoms with van der Waals surface area (Å²) in [4.78, 5) is 26.1. The lowest BCUT2D eigenvalue weighted by atomic mass is 10.1. The Kier molecular flexibility index (Phi) is 6.06. The number of hydrogen-bond donors (Lipinski definition) is 1. The molecule has 1 heterocycles. The summed E-state index contributed by atoms with van der Waals surface area (Å²) in [6, 6.07) is 5.58. The van der Waals surface area contributed by atoms with E-state index in [9.17, 15) is 9.59 Å². The van der Waals surface area contributed by atoms with Crippen LogP contribution in [0.4, 0.5) is 0 Å². The largest absolute Gasteiger partial charge is 0.493 e. The van der Waals surface area contributed by atoms with Crippen LogP contribution in [-0.2, 0) is 16.1 Å². The molecule has 0 radical (unpaired) electrons. The first kappa shape index (κ1) is 18.1. The molecule has 0 saturated carbocycles. The van der Waals surface area contributed by atoms with E-state index in [1.807, 2.05) is 32.0 Å². The van der Waals surface area contributed by atoms with Gasteiger partial charge in [0.25, 0.3) is 0 Å². The zero-order valence-corrected chi connectivity index (χ0v) is 14.8. The predicted octanol–water partition coefficient (Wildman–Crippen LogP) is 1.82. The van der Waals surface area contributed by atoms with Gasteiger partial charge in [0.1, 0.15) is 0 Å². The Balaban J connectivity index is 1.98. The number of nitrogens with zero attached hydrogens (tertiary/aromatic N) is 1. The van der Waals surface area contributed by atoms with Crippen molar-refractivity contribution >= 4 is 11.8 Å². The van der Waals surface area contributed by atoms with E-state index in [-0.39, 0.29) is 24.2 Å². The third kappa shape index (κ3) is 4.40. The van der Waals surface area contributed by atoms with Crippen LogP contribution in [0.3, 0.4) is 0 Å². The van der Waals surface area contributed by atoms with Crippen LogP contribution < -0.4 is 14.8 Å². The maximum Gasteiger partial charge on any atom is 0.225 e. The number of rotatable bonds is 7. The Morgan fingerprint density at radius 3 is 2.62 bits per heavy atom. The van der Waals surface area contributed by atoms with Gasteiger partial charge in [-0.25, -0.2) is 0 Å². The zero-order chi connectivity index (χ0) is 17.7. The van der Waals surface area contributed by atoms with Gasteiger partial charge in [0.15, 0.2) is 11.5 Å². The van der Waals surface area contributed by atoms with Crippen molar-refractivity contribution in [2.75, 3.05) is 27.3 Å². The number of ether oxygens (including phenoxy) is 2. The van der Waals surface area contributed by atoms with Gasteiger partial charge in [-0.1, -0.05) is 19.9 Å². The molecule has 6 nitrogen and oxygen atoms in total. The molecule has 24 heavy (non-hydrogen) atoms. The molecule has 1 aromatic rings. The van der Waals surface area contributed by atoms with E-state index in [1.165, 1.54) is 0 Å². The average molecular weight is 334 g/mol. The topological polar surface area (TPSA) is 67.9 Å². The normalized spacial score (nSPS) is 17.3. The molecule has 1 fully saturated rings. The molecule has 1 N–H and O–H groups in total. The number of benzene rings is 1. The minimum absolute atomic E-state index is 0.00878. The molecule has 2 amide bonds. The molecule has 1 unspecified atom stereocenters. The summed E-state index contributed by atoms with van der Waals surface area (Å²) in [6.07, 6.45) is 0.275. The van der Waals surface area contributed by atoms with E-state index in [1.54, 1.807) is 19.1 Å². The summed E-state index contributed by atoms with van der Waals surface area (Å²) < 4.78 is 10.5. The van der Waals surface area contributed by atoms with Gasteiger partial charge in [-0.05, 0) is 23.6 Å². The highest BCUT2D eigenvalue weighted by molar-refractivity contribution is 5.89. The van der Waals surface area contributed by atoms with E-state index in [0.717, 1.165) is 5.56 Å². The second-order valence-electron chi connectivity index (χ2n) is 6.50. The maximum atomic E-state index is 12.2. The van der Waals surface area contributed by atoms with Crippen LogP contribution in [-0.4, -0.2) is 44.0 Å². The van der Waals surface area contributed by atoms with E-state index in [0.29, 0.717) is 37.1 Å². The third-order valence-corrected chi connectivity index (χ3v) is 4.09. The van der Waals surface area contributed by atoms with Crippen LogP contribution in [0.1, 0.15) is 25.8 Å². The predicted molar refractivity (Wildman–Crippen MR) is 90.9 cm³/mol. The Bertz CT molecular complexity index is 601. The van der Waals surface area contributed by atoms with Crippen LogP contribution in [0.2, 0.25) is 0 Å². The van der Waals surface area contributed by atoms with Crippen molar-refractivity contribution in [3.8, 4) is 11.5 Å². The molecule has 1 aliphatic rings. The molecule has 0 bridgehead atoms. The molecule has 6 heteroatoms. The highest BCUT2D eigenvalue weighted by Crippen LogP contribution is 2.29. The minimum Gasteiger partial charge on any atom is -0.493 e. The fourth-order valence-electron chi connectivity index (χ4n) is 2.75. The number of methoxy groups -OCH3 is 2. The van der Waals surface area contributed by atoms with Gasteiger partial charge in [0.05, 0.1) is 20.1 Å². The van der Waals surface area contributed by atoms with Crippen molar-refractivity contribution in [3.63, 3.8) is 0 Å². The second kappa shape index (κ2) is 8.04. The smallest absolute Gasteiger partial charge is 0.225 e. The van der Waals surface area contributed by atoms with Gasteiger partial charge in [-0.15, -0.1) is 0 Å². The molecular formula is C18H26N2O4.